The van der Waals surface area contributed by atoms with E-state index in [1.54, 1.807) is 12.1 Å². The lowest BCUT2D eigenvalue weighted by molar-refractivity contribution is -0.131. The van der Waals surface area contributed by atoms with E-state index < -0.39 is 50.0 Å². The van der Waals surface area contributed by atoms with Crippen LogP contribution in [-0.4, -0.2) is 69.9 Å². The van der Waals surface area contributed by atoms with E-state index in [0.717, 1.165) is 11.1 Å². The second-order valence-corrected chi connectivity index (χ2v) is 10.5. The number of ether oxygens (including phenoxy) is 4. The number of rotatable bonds is 9. The zero-order valence-corrected chi connectivity index (χ0v) is 25.9. The van der Waals surface area contributed by atoms with Crippen LogP contribution in [0.1, 0.15) is 46.5 Å². The van der Waals surface area contributed by atoms with Gasteiger partial charge in [0, 0.05) is 22.2 Å². The van der Waals surface area contributed by atoms with Gasteiger partial charge in [-0.25, -0.2) is 0 Å². The van der Waals surface area contributed by atoms with Gasteiger partial charge in [-0.05, 0) is 71.2 Å². The summed E-state index contributed by atoms with van der Waals surface area (Å²) >= 11 is 3.38. The summed E-state index contributed by atoms with van der Waals surface area (Å²) in [6, 6.07) is 7.66. The van der Waals surface area contributed by atoms with Crippen LogP contribution in [0.2, 0.25) is 0 Å². The Balaban J connectivity index is 1.78. The van der Waals surface area contributed by atoms with Crippen molar-refractivity contribution in [2.45, 2.75) is 26.3 Å². The van der Waals surface area contributed by atoms with Crippen molar-refractivity contribution in [1.29, 1.82) is 0 Å². The Kier molecular flexibility index (Phi) is 7.42. The van der Waals surface area contributed by atoms with Gasteiger partial charge in [0.25, 0.3) is 11.8 Å². The van der Waals surface area contributed by atoms with Crippen molar-refractivity contribution in [2.24, 2.45) is 0 Å². The second kappa shape index (κ2) is 13.2. The number of hydrogen-bond acceptors (Lipinski definition) is 8. The zero-order chi connectivity index (χ0) is 37.3. The minimum Gasteiger partial charge on any atom is -0.493 e. The third kappa shape index (κ3) is 6.72. The smallest absolute Gasteiger partial charge is 0.257 e. The van der Waals surface area contributed by atoms with Crippen molar-refractivity contribution in [3.63, 3.8) is 0 Å². The molecule has 0 aromatic heterocycles. The van der Waals surface area contributed by atoms with Crippen molar-refractivity contribution in [3.8, 4) is 28.7 Å². The van der Waals surface area contributed by atoms with Crippen LogP contribution in [0.5, 0.6) is 28.7 Å². The topological polar surface area (TPSA) is 145 Å². The van der Waals surface area contributed by atoms with Crippen molar-refractivity contribution in [2.75, 3.05) is 45.9 Å². The Morgan fingerprint density at radius 3 is 2.25 bits per heavy atom. The van der Waals surface area contributed by atoms with Crippen molar-refractivity contribution < 1.29 is 46.4 Å². The fourth-order valence-electron chi connectivity index (χ4n) is 4.58. The normalized spacial score (nSPS) is 16.5. The van der Waals surface area contributed by atoms with Crippen LogP contribution >= 0.6 is 15.9 Å². The molecule has 3 aromatic rings. The Bertz CT molecular complexity index is 1830. The third-order valence-corrected chi connectivity index (χ3v) is 7.34. The van der Waals surface area contributed by atoms with E-state index in [4.69, 9.17) is 27.2 Å². The average molecular weight is 676 g/mol. The zero-order valence-electron chi connectivity index (χ0n) is 30.3. The maximum Gasteiger partial charge on any atom is 0.257 e. The predicted molar refractivity (Wildman–Crippen MR) is 167 cm³/mol. The van der Waals surface area contributed by atoms with Crippen molar-refractivity contribution in [1.82, 2.24) is 10.2 Å². The van der Waals surface area contributed by atoms with Crippen LogP contribution in [0.3, 0.4) is 0 Å². The number of hydrogen-bond donors (Lipinski definition) is 3. The number of anilines is 2. The molecule has 232 valence electrons. The Labute approximate surface area is 271 Å². The van der Waals surface area contributed by atoms with Gasteiger partial charge in [-0.15, -0.1) is 0 Å². The fraction of sp³-hybridized carbons (Fsp3) is 0.290. The van der Waals surface area contributed by atoms with Gasteiger partial charge in [0.05, 0.1) is 54.7 Å². The summed E-state index contributed by atoms with van der Waals surface area (Å²) in [5.74, 6) is -3.00. The highest BCUT2D eigenvalue weighted by molar-refractivity contribution is 9.10. The van der Waals surface area contributed by atoms with E-state index in [1.165, 1.54) is 39.5 Å². The number of halogens is 1. The van der Waals surface area contributed by atoms with Gasteiger partial charge < -0.3 is 39.8 Å². The molecular formula is C31H33BrN4O8. The van der Waals surface area contributed by atoms with Gasteiger partial charge in [0.2, 0.25) is 17.6 Å². The maximum atomic E-state index is 13.8. The Morgan fingerprint density at radius 1 is 0.955 bits per heavy atom. The average Bonchev–Trinajstić information content (AvgIpc) is 3.09. The summed E-state index contributed by atoms with van der Waals surface area (Å²) in [5.41, 5.74) is 1.55. The quantitative estimate of drug-likeness (QED) is 0.297. The minimum absolute atomic E-state index is 0.00664. The van der Waals surface area contributed by atoms with Crippen LogP contribution in [0.25, 0.3) is 0 Å². The third-order valence-electron chi connectivity index (χ3n) is 6.56. The van der Waals surface area contributed by atoms with Crippen molar-refractivity contribution in [3.05, 3.63) is 63.1 Å². The molecule has 12 nitrogen and oxygen atoms in total. The molecule has 0 fully saturated rings. The van der Waals surface area contributed by atoms with Gasteiger partial charge in [0.1, 0.15) is 11.8 Å². The van der Waals surface area contributed by atoms with Crippen LogP contribution in [0.15, 0.2) is 40.9 Å². The molecule has 1 aliphatic rings. The number of nitrogens with zero attached hydrogens (tertiary/aromatic N) is 1. The maximum absolute atomic E-state index is 13.8. The molecular weight excluding hydrogens is 636 g/mol. The SMILES string of the molecule is [2H]C([2H])([2H])N(C(=O)C[C@@H]1NC(=O)c2cc(Oc3cc(C)cc(C)c3)c(NC(=O)c3cc(OC)c(OC)c(OC)c3Br)cc2NC1=O)C([2H])([2H])[2H]. The lowest BCUT2D eigenvalue weighted by Crippen LogP contribution is -2.44. The van der Waals surface area contributed by atoms with Gasteiger partial charge in [-0.2, -0.15) is 0 Å². The lowest BCUT2D eigenvalue weighted by Gasteiger charge is -2.19. The van der Waals surface area contributed by atoms with Gasteiger partial charge >= 0.3 is 0 Å². The largest absolute Gasteiger partial charge is 0.493 e. The molecule has 1 aliphatic heterocycles. The number of fused-ring (bicyclic) bond motifs is 1. The molecule has 0 bridgehead atoms. The first kappa shape index (κ1) is 24.6. The second-order valence-electron chi connectivity index (χ2n) is 9.73. The van der Waals surface area contributed by atoms with Gasteiger partial charge in [-0.1, -0.05) is 6.07 Å². The van der Waals surface area contributed by atoms with Crippen molar-refractivity contribution >= 4 is 50.9 Å². The van der Waals surface area contributed by atoms with Gasteiger partial charge in [-0.3, -0.25) is 19.2 Å². The number of carbonyl (C=O) groups excluding carboxylic acids is 4. The Morgan fingerprint density at radius 2 is 1.64 bits per heavy atom. The van der Waals surface area contributed by atoms with E-state index >= 15 is 0 Å². The van der Waals surface area contributed by atoms with Crippen LogP contribution in [0, 0.1) is 13.8 Å². The van der Waals surface area contributed by atoms with Gasteiger partial charge in [0.15, 0.2) is 17.2 Å². The number of benzene rings is 3. The molecule has 1 heterocycles. The number of methoxy groups -OCH3 is 3. The van der Waals surface area contributed by atoms with Crippen LogP contribution in [0.4, 0.5) is 11.4 Å². The molecule has 3 N–H and O–H groups in total. The highest BCUT2D eigenvalue weighted by Crippen LogP contribution is 2.45. The van der Waals surface area contributed by atoms with E-state index in [9.17, 15) is 19.2 Å². The predicted octanol–water partition coefficient (Wildman–Crippen LogP) is 4.67. The number of amides is 4. The molecule has 44 heavy (non-hydrogen) atoms. The molecule has 0 saturated heterocycles. The molecule has 0 saturated carbocycles. The van der Waals surface area contributed by atoms with Crippen LogP contribution < -0.4 is 34.9 Å². The van der Waals surface area contributed by atoms with E-state index in [-0.39, 0.29) is 54.9 Å². The molecule has 4 rings (SSSR count). The van der Waals surface area contributed by atoms with E-state index in [1.807, 2.05) is 19.9 Å². The first-order valence-electron chi connectivity index (χ1n) is 16.0. The summed E-state index contributed by atoms with van der Waals surface area (Å²) in [4.78, 5) is 53.2. The van der Waals surface area contributed by atoms with Crippen LogP contribution in [-0.2, 0) is 9.59 Å². The minimum atomic E-state index is -3.35. The summed E-state index contributed by atoms with van der Waals surface area (Å²) in [5, 5.41) is 7.60. The highest BCUT2D eigenvalue weighted by atomic mass is 79.9. The molecule has 0 unspecified atom stereocenters. The summed E-state index contributed by atoms with van der Waals surface area (Å²) < 4.78 is 67.7. The lowest BCUT2D eigenvalue weighted by atomic mass is 10.1. The van der Waals surface area contributed by atoms with E-state index in [2.05, 4.69) is 31.9 Å². The summed E-state index contributed by atoms with van der Waals surface area (Å²) in [6.45, 7) is -3.00. The molecule has 0 spiro atoms. The molecule has 3 aromatic carbocycles. The molecule has 1 atom stereocenters. The molecule has 0 radical (unpaired) electrons. The van der Waals surface area contributed by atoms with E-state index in [0.29, 0.717) is 5.75 Å². The first-order valence-corrected chi connectivity index (χ1v) is 13.8. The highest BCUT2D eigenvalue weighted by Gasteiger charge is 2.32. The monoisotopic (exact) mass is 674 g/mol. The standard InChI is InChI=1S/C31H33BrN4O8/c1-15-8-16(2)10-17(9-15)44-23-11-18-20(33-31(40)22(35-29(18)38)14-25(37)36(3)4)13-21(23)34-30(39)19-12-24(41-5)27(42-6)28(43-7)26(19)32/h8-13,22H,14H2,1-7H3,(H,33,40)(H,34,39)(H,35,38)/t22-/m0/s1/i3D3,4D3. The molecule has 0 aliphatic carbocycles. The first-order chi connectivity index (χ1) is 23.3. The fourth-order valence-corrected chi connectivity index (χ4v) is 5.22. The molecule has 4 amide bonds. The summed E-state index contributed by atoms with van der Waals surface area (Å²) in [6.07, 6.45) is -0.979. The summed E-state index contributed by atoms with van der Waals surface area (Å²) in [7, 11) is 4.17. The number of carbonyl (C=O) groups is 4. The Hall–Kier alpha value is -4.78. The molecule has 13 heteroatoms. The number of aryl methyl sites for hydroxylation is 2. The number of nitrogens with one attached hydrogen (secondary N) is 3.